The molecule has 2 aromatic carbocycles. The van der Waals surface area contributed by atoms with Gasteiger partial charge in [0, 0.05) is 11.1 Å². The standard InChI is InChI=1S/C14H9F2N/c1-9-3-2-4-11(14(9)16)12-7-10(8-17)5-6-13(12)15/h2-7H,1H3. The second-order valence-corrected chi connectivity index (χ2v) is 3.74. The molecule has 0 saturated heterocycles. The fourth-order valence-electron chi connectivity index (χ4n) is 1.66. The highest BCUT2D eigenvalue weighted by Gasteiger charge is 2.12. The van der Waals surface area contributed by atoms with Crippen LogP contribution in [0.5, 0.6) is 0 Å². The average Bonchev–Trinajstić information content (AvgIpc) is 2.34. The Labute approximate surface area is 97.9 Å². The third-order valence-corrected chi connectivity index (χ3v) is 2.58. The first-order valence-corrected chi connectivity index (χ1v) is 5.08. The first-order valence-electron chi connectivity index (χ1n) is 5.08. The van der Waals surface area contributed by atoms with E-state index in [1.165, 1.54) is 24.3 Å². The molecule has 0 saturated carbocycles. The molecule has 0 aliphatic carbocycles. The molecule has 0 aromatic heterocycles. The zero-order valence-corrected chi connectivity index (χ0v) is 9.17. The molecular weight excluding hydrogens is 220 g/mol. The van der Waals surface area contributed by atoms with Crippen LogP contribution in [0.4, 0.5) is 8.78 Å². The first-order chi connectivity index (χ1) is 8.13. The van der Waals surface area contributed by atoms with Crippen LogP contribution in [0.1, 0.15) is 11.1 Å². The molecule has 17 heavy (non-hydrogen) atoms. The Morgan fingerprint density at radius 1 is 1.06 bits per heavy atom. The van der Waals surface area contributed by atoms with Gasteiger partial charge in [-0.25, -0.2) is 8.78 Å². The highest BCUT2D eigenvalue weighted by molar-refractivity contribution is 5.67. The molecule has 0 heterocycles. The number of nitrogens with zero attached hydrogens (tertiary/aromatic N) is 1. The third-order valence-electron chi connectivity index (χ3n) is 2.58. The summed E-state index contributed by atoms with van der Waals surface area (Å²) in [6, 6.07) is 10.6. The van der Waals surface area contributed by atoms with E-state index in [1.54, 1.807) is 19.1 Å². The Hall–Kier alpha value is -2.21. The molecule has 0 unspecified atom stereocenters. The van der Waals surface area contributed by atoms with Crippen molar-refractivity contribution in [1.29, 1.82) is 5.26 Å². The molecule has 84 valence electrons. The van der Waals surface area contributed by atoms with Crippen LogP contribution in [-0.2, 0) is 0 Å². The summed E-state index contributed by atoms with van der Waals surface area (Å²) in [5.74, 6) is -0.991. The summed E-state index contributed by atoms with van der Waals surface area (Å²) in [5.41, 5.74) is 1.05. The van der Waals surface area contributed by atoms with Gasteiger partial charge in [0.15, 0.2) is 0 Å². The topological polar surface area (TPSA) is 23.8 Å². The number of hydrogen-bond donors (Lipinski definition) is 0. The maximum atomic E-state index is 13.9. The molecule has 2 rings (SSSR count). The number of hydrogen-bond acceptors (Lipinski definition) is 1. The molecule has 0 spiro atoms. The van der Waals surface area contributed by atoms with Crippen molar-refractivity contribution in [3.05, 3.63) is 59.2 Å². The normalized spacial score (nSPS) is 10.0. The smallest absolute Gasteiger partial charge is 0.134 e. The van der Waals surface area contributed by atoms with E-state index in [1.807, 2.05) is 6.07 Å². The van der Waals surface area contributed by atoms with Gasteiger partial charge in [-0.15, -0.1) is 0 Å². The highest BCUT2D eigenvalue weighted by atomic mass is 19.1. The minimum atomic E-state index is -0.534. The van der Waals surface area contributed by atoms with Gasteiger partial charge in [0.2, 0.25) is 0 Å². The molecule has 0 aliphatic heterocycles. The van der Waals surface area contributed by atoms with Crippen LogP contribution in [-0.4, -0.2) is 0 Å². The number of halogens is 2. The molecule has 0 radical (unpaired) electrons. The van der Waals surface area contributed by atoms with Gasteiger partial charge in [-0.2, -0.15) is 5.26 Å². The number of rotatable bonds is 1. The van der Waals surface area contributed by atoms with Gasteiger partial charge in [0.1, 0.15) is 11.6 Å². The first kappa shape index (κ1) is 11.3. The van der Waals surface area contributed by atoms with E-state index in [4.69, 9.17) is 5.26 Å². The lowest BCUT2D eigenvalue weighted by Gasteiger charge is -2.07. The summed E-state index contributed by atoms with van der Waals surface area (Å²) in [6.07, 6.45) is 0. The maximum Gasteiger partial charge on any atom is 0.134 e. The molecule has 0 fully saturated rings. The van der Waals surface area contributed by atoms with Gasteiger partial charge in [-0.3, -0.25) is 0 Å². The fraction of sp³-hybridized carbons (Fsp3) is 0.0714. The van der Waals surface area contributed by atoms with Crippen molar-refractivity contribution in [3.8, 4) is 17.2 Å². The van der Waals surface area contributed by atoms with Crippen LogP contribution < -0.4 is 0 Å². The van der Waals surface area contributed by atoms with E-state index in [0.717, 1.165) is 0 Å². The lowest BCUT2D eigenvalue weighted by Crippen LogP contribution is -1.92. The SMILES string of the molecule is Cc1cccc(-c2cc(C#N)ccc2F)c1F. The van der Waals surface area contributed by atoms with Gasteiger partial charge in [-0.05, 0) is 30.7 Å². The monoisotopic (exact) mass is 229 g/mol. The summed E-state index contributed by atoms with van der Waals surface area (Å²) >= 11 is 0. The van der Waals surface area contributed by atoms with Gasteiger partial charge in [-0.1, -0.05) is 18.2 Å². The largest absolute Gasteiger partial charge is 0.206 e. The van der Waals surface area contributed by atoms with E-state index in [2.05, 4.69) is 0 Å². The lowest BCUT2D eigenvalue weighted by molar-refractivity contribution is 0.611. The van der Waals surface area contributed by atoms with E-state index >= 15 is 0 Å². The zero-order chi connectivity index (χ0) is 12.4. The van der Waals surface area contributed by atoms with Crippen LogP contribution in [0.25, 0.3) is 11.1 Å². The van der Waals surface area contributed by atoms with Crippen LogP contribution in [0.15, 0.2) is 36.4 Å². The Balaban J connectivity index is 2.68. The number of aryl methyl sites for hydroxylation is 1. The van der Waals surface area contributed by atoms with Crippen molar-refractivity contribution in [3.63, 3.8) is 0 Å². The van der Waals surface area contributed by atoms with Crippen molar-refractivity contribution in [2.24, 2.45) is 0 Å². The summed E-state index contributed by atoms with van der Waals surface area (Å²) < 4.78 is 27.5. The van der Waals surface area contributed by atoms with E-state index in [9.17, 15) is 8.78 Å². The van der Waals surface area contributed by atoms with Crippen LogP contribution in [0.3, 0.4) is 0 Å². The summed E-state index contributed by atoms with van der Waals surface area (Å²) in [4.78, 5) is 0. The van der Waals surface area contributed by atoms with Crippen molar-refractivity contribution in [2.75, 3.05) is 0 Å². The van der Waals surface area contributed by atoms with Gasteiger partial charge in [0.25, 0.3) is 0 Å². The van der Waals surface area contributed by atoms with Gasteiger partial charge >= 0.3 is 0 Å². The van der Waals surface area contributed by atoms with E-state index in [-0.39, 0.29) is 11.1 Å². The second-order valence-electron chi connectivity index (χ2n) is 3.74. The quantitative estimate of drug-likeness (QED) is 0.729. The maximum absolute atomic E-state index is 13.9. The summed E-state index contributed by atoms with van der Waals surface area (Å²) in [7, 11) is 0. The van der Waals surface area contributed by atoms with Crippen molar-refractivity contribution in [2.45, 2.75) is 6.92 Å². The minimum Gasteiger partial charge on any atom is -0.206 e. The lowest BCUT2D eigenvalue weighted by atomic mass is 10.0. The van der Waals surface area contributed by atoms with Crippen molar-refractivity contribution in [1.82, 2.24) is 0 Å². The molecule has 0 aliphatic rings. The van der Waals surface area contributed by atoms with Crippen LogP contribution in [0, 0.1) is 29.9 Å². The number of nitriles is 1. The molecular formula is C14H9F2N. The molecule has 0 bridgehead atoms. The van der Waals surface area contributed by atoms with Gasteiger partial charge < -0.3 is 0 Å². The predicted molar refractivity (Wildman–Crippen MR) is 61.2 cm³/mol. The molecule has 0 N–H and O–H groups in total. The van der Waals surface area contributed by atoms with Gasteiger partial charge in [0.05, 0.1) is 11.6 Å². The second kappa shape index (κ2) is 4.34. The molecule has 0 atom stereocenters. The Morgan fingerprint density at radius 2 is 1.82 bits per heavy atom. The average molecular weight is 229 g/mol. The Kier molecular flexibility index (Phi) is 2.88. The summed E-state index contributed by atoms with van der Waals surface area (Å²) in [6.45, 7) is 1.62. The molecule has 3 heteroatoms. The molecule has 2 aromatic rings. The minimum absolute atomic E-state index is 0.116. The molecule has 0 amide bonds. The van der Waals surface area contributed by atoms with E-state index < -0.39 is 11.6 Å². The van der Waals surface area contributed by atoms with Crippen LogP contribution in [0.2, 0.25) is 0 Å². The summed E-state index contributed by atoms with van der Waals surface area (Å²) in [5, 5.41) is 8.76. The van der Waals surface area contributed by atoms with E-state index in [0.29, 0.717) is 11.1 Å². The van der Waals surface area contributed by atoms with Crippen molar-refractivity contribution >= 4 is 0 Å². The Morgan fingerprint density at radius 3 is 2.53 bits per heavy atom. The number of benzene rings is 2. The molecule has 1 nitrogen and oxygen atoms in total. The predicted octanol–water partition coefficient (Wildman–Crippen LogP) is 3.81. The third kappa shape index (κ3) is 2.02. The van der Waals surface area contributed by atoms with Crippen molar-refractivity contribution < 1.29 is 8.78 Å². The highest BCUT2D eigenvalue weighted by Crippen LogP contribution is 2.27. The zero-order valence-electron chi connectivity index (χ0n) is 9.17. The Bertz CT molecular complexity index is 612. The van der Waals surface area contributed by atoms with Crippen LogP contribution >= 0.6 is 0 Å². The fourth-order valence-corrected chi connectivity index (χ4v) is 1.66.